The van der Waals surface area contributed by atoms with E-state index in [4.69, 9.17) is 32.3 Å². The van der Waals surface area contributed by atoms with Crippen molar-refractivity contribution >= 4 is 33.6 Å². The van der Waals surface area contributed by atoms with Crippen LogP contribution in [0, 0.1) is 0 Å². The van der Waals surface area contributed by atoms with Gasteiger partial charge in [0.1, 0.15) is 25.4 Å². The van der Waals surface area contributed by atoms with E-state index in [0.717, 1.165) is 167 Å². The second-order valence-corrected chi connectivity index (χ2v) is 24.7. The lowest BCUT2D eigenvalue weighted by Crippen LogP contribution is -2.30. The summed E-state index contributed by atoms with van der Waals surface area (Å²) in [5.74, 6) is -1.66. The summed E-state index contributed by atoms with van der Waals surface area (Å²) in [6.07, 6.45) is 78.6. The molecule has 5 unspecified atom stereocenters. The molecule has 0 radical (unpaired) electrons. The highest BCUT2D eigenvalue weighted by molar-refractivity contribution is 7.47. The zero-order valence-electron chi connectivity index (χ0n) is 55.7. The maximum Gasteiger partial charge on any atom is 0.472 e. The summed E-state index contributed by atoms with van der Waals surface area (Å²) in [5, 5.41) is 20.5. The maximum absolute atomic E-state index is 12.9. The van der Waals surface area contributed by atoms with Crippen LogP contribution in [-0.2, 0) is 55.8 Å². The van der Waals surface area contributed by atoms with Crippen molar-refractivity contribution in [3.05, 3.63) is 158 Å². The van der Waals surface area contributed by atoms with Crippen LogP contribution in [0.5, 0.6) is 0 Å². The largest absolute Gasteiger partial charge is 0.472 e. The van der Waals surface area contributed by atoms with Gasteiger partial charge < -0.3 is 34.2 Å². The highest BCUT2D eigenvalue weighted by Crippen LogP contribution is 2.45. The zero-order valence-corrected chi connectivity index (χ0v) is 57.5. The number of esters is 3. The summed E-state index contributed by atoms with van der Waals surface area (Å²) in [4.78, 5) is 58.4. The first-order valence-corrected chi connectivity index (χ1v) is 36.8. The van der Waals surface area contributed by atoms with Gasteiger partial charge in [-0.2, -0.15) is 0 Å². The molecule has 18 heteroatoms. The van der Waals surface area contributed by atoms with Crippen molar-refractivity contribution in [2.45, 2.75) is 245 Å². The van der Waals surface area contributed by atoms with Gasteiger partial charge in [-0.3, -0.25) is 32.5 Å². The van der Waals surface area contributed by atoms with E-state index in [1.165, 1.54) is 0 Å². The first-order chi connectivity index (χ1) is 44.2. The highest BCUT2D eigenvalue weighted by atomic mass is 31.2. The van der Waals surface area contributed by atoms with Gasteiger partial charge in [0, 0.05) is 19.3 Å². The molecule has 0 fully saturated rings. The number of phosphoric ester groups is 2. The number of allylic oxidation sites excluding steroid dienone is 26. The van der Waals surface area contributed by atoms with Crippen LogP contribution in [-0.4, -0.2) is 95.9 Å². The molecule has 16 nitrogen and oxygen atoms in total. The van der Waals surface area contributed by atoms with Gasteiger partial charge in [-0.05, 0) is 141 Å². The fraction of sp³-hybridized carbons (Fsp3) is 0.603. The first-order valence-electron chi connectivity index (χ1n) is 33.8. The molecule has 0 aliphatic rings. The number of aliphatic hydroxyl groups is 2. The molecule has 0 amide bonds. The summed E-state index contributed by atoms with van der Waals surface area (Å²) in [6, 6.07) is 0. The van der Waals surface area contributed by atoms with Gasteiger partial charge in [-0.25, -0.2) is 9.13 Å². The van der Waals surface area contributed by atoms with E-state index in [1.807, 2.05) is 0 Å². The first kappa shape index (κ1) is 86.2. The van der Waals surface area contributed by atoms with Gasteiger partial charge in [0.2, 0.25) is 0 Å². The van der Waals surface area contributed by atoms with Crippen molar-refractivity contribution in [1.29, 1.82) is 0 Å². The molecule has 0 saturated carbocycles. The van der Waals surface area contributed by atoms with Crippen molar-refractivity contribution in [2.75, 3.05) is 39.6 Å². The third-order valence-electron chi connectivity index (χ3n) is 13.2. The minimum atomic E-state index is -4.95. The van der Waals surface area contributed by atoms with E-state index < -0.39 is 91.5 Å². The summed E-state index contributed by atoms with van der Waals surface area (Å²) >= 11 is 0. The molecule has 516 valence electrons. The van der Waals surface area contributed by atoms with Crippen molar-refractivity contribution in [1.82, 2.24) is 0 Å². The molecule has 0 aromatic heterocycles. The number of carbonyl (C=O) groups is 3. The van der Waals surface area contributed by atoms with Crippen LogP contribution in [0.25, 0.3) is 0 Å². The molecule has 0 bridgehead atoms. The van der Waals surface area contributed by atoms with Crippen molar-refractivity contribution in [3.63, 3.8) is 0 Å². The Labute approximate surface area is 549 Å². The number of phosphoric acid groups is 2. The van der Waals surface area contributed by atoms with E-state index in [2.05, 4.69) is 179 Å². The number of rotatable bonds is 62. The second kappa shape index (κ2) is 65.2. The Hall–Kier alpha value is -4.83. The monoisotopic (exact) mass is 1310 g/mol. The molecule has 0 saturated heterocycles. The normalized spacial score (nSPS) is 15.2. The van der Waals surface area contributed by atoms with E-state index >= 15 is 0 Å². The van der Waals surface area contributed by atoms with Crippen molar-refractivity contribution in [2.24, 2.45) is 0 Å². The molecule has 0 rings (SSSR count). The Morgan fingerprint density at radius 2 is 0.549 bits per heavy atom. The molecule has 4 N–H and O–H groups in total. The average molecular weight is 1310 g/mol. The SMILES string of the molecule is CC/C=C\C/C=C\C/C=C\C/C=C\C/C=C\CCCCCC(=O)OCC(O)COP(=O)(O)OCC(O)COP(=O)(O)OCC(COC(=O)CCCCCCCC/C=C\C/C=C\C/C=C\C/C=C\CC)OC(=O)CCCCCC/C=C\C/C=C\C/C=C\C/C=C\CC. The lowest BCUT2D eigenvalue weighted by molar-refractivity contribution is -0.161. The molecule has 5 atom stereocenters. The molecular formula is C73H118O16P2. The molecule has 0 aromatic rings. The lowest BCUT2D eigenvalue weighted by Gasteiger charge is -2.21. The topological polar surface area (TPSA) is 231 Å². The predicted octanol–water partition coefficient (Wildman–Crippen LogP) is 18.7. The quantitative estimate of drug-likeness (QED) is 0.0146. The van der Waals surface area contributed by atoms with Gasteiger partial charge >= 0.3 is 33.6 Å². The van der Waals surface area contributed by atoms with Crippen LogP contribution in [0.3, 0.4) is 0 Å². The minimum absolute atomic E-state index is 0.0660. The summed E-state index contributed by atoms with van der Waals surface area (Å²) in [7, 11) is -9.81. The summed E-state index contributed by atoms with van der Waals surface area (Å²) in [5.41, 5.74) is 0. The standard InChI is InChI=1S/C73H118O16P2/c1-4-7-10-13-16-19-22-25-28-31-33-36-38-41-44-47-50-53-56-59-71(76)83-62-68(74)63-85-90(79,80)86-64-69(75)65-87-91(81,82)88-67-70(89-73(78)61-58-55-52-49-46-43-40-35-30-27-24-21-18-15-12-9-6-3)66-84-72(77)60-57-54-51-48-45-42-39-37-34-32-29-26-23-20-17-14-11-8-5-2/h7-12,16-21,25-30,33-34,36-37,40-41,43-44,68-70,74-75H,4-6,13-15,22-24,31-32,35,38-39,42,45-67H2,1-3H3,(H,79,80)(H,81,82)/b10-7-,11-8-,12-9-,19-16-,20-17-,21-18-,28-25-,29-26-,30-27-,36-33-,37-34-,43-40-,44-41-. The fourth-order valence-electron chi connectivity index (χ4n) is 8.16. The molecule has 0 aliphatic carbocycles. The van der Waals surface area contributed by atoms with Gasteiger partial charge in [0.25, 0.3) is 0 Å². The van der Waals surface area contributed by atoms with Crippen molar-refractivity contribution in [3.8, 4) is 0 Å². The summed E-state index contributed by atoms with van der Waals surface area (Å²) in [6.45, 7) is 2.21. The van der Waals surface area contributed by atoms with Gasteiger partial charge in [0.05, 0.1) is 26.4 Å². The predicted molar refractivity (Wildman–Crippen MR) is 371 cm³/mol. The third kappa shape index (κ3) is 66.4. The molecule has 0 heterocycles. The Balaban J connectivity index is 4.80. The zero-order chi connectivity index (χ0) is 66.7. The van der Waals surface area contributed by atoms with Crippen LogP contribution in [0.1, 0.15) is 226 Å². The second-order valence-electron chi connectivity index (χ2n) is 21.8. The Bertz CT molecular complexity index is 2290. The number of hydrogen-bond acceptors (Lipinski definition) is 14. The van der Waals surface area contributed by atoms with Crippen molar-refractivity contribution < 1.29 is 75.8 Å². The number of carbonyl (C=O) groups excluding carboxylic acids is 3. The van der Waals surface area contributed by atoms with Crippen LogP contribution in [0.15, 0.2) is 158 Å². The highest BCUT2D eigenvalue weighted by Gasteiger charge is 2.29. The van der Waals surface area contributed by atoms with E-state index in [0.29, 0.717) is 19.3 Å². The van der Waals surface area contributed by atoms with Gasteiger partial charge in [-0.15, -0.1) is 0 Å². The van der Waals surface area contributed by atoms with E-state index in [-0.39, 0.29) is 19.3 Å². The van der Waals surface area contributed by atoms with E-state index in [9.17, 15) is 43.5 Å². The average Bonchev–Trinajstić information content (AvgIpc) is 3.02. The molecule has 0 spiro atoms. The fourth-order valence-corrected chi connectivity index (χ4v) is 9.75. The van der Waals surface area contributed by atoms with Gasteiger partial charge in [-0.1, -0.05) is 224 Å². The lowest BCUT2D eigenvalue weighted by atomic mass is 10.1. The van der Waals surface area contributed by atoms with Crippen LogP contribution in [0.4, 0.5) is 0 Å². The molecule has 0 aliphatic heterocycles. The third-order valence-corrected chi connectivity index (χ3v) is 15.1. The maximum atomic E-state index is 12.9. The number of ether oxygens (including phenoxy) is 3. The molecule has 0 aromatic carbocycles. The van der Waals surface area contributed by atoms with Crippen LogP contribution in [0.2, 0.25) is 0 Å². The molecule has 91 heavy (non-hydrogen) atoms. The number of hydrogen-bond donors (Lipinski definition) is 4. The molecular weight excluding hydrogens is 1190 g/mol. The minimum Gasteiger partial charge on any atom is -0.463 e. The van der Waals surface area contributed by atoms with E-state index in [1.54, 1.807) is 0 Å². The smallest absolute Gasteiger partial charge is 0.463 e. The van der Waals surface area contributed by atoms with Crippen LogP contribution < -0.4 is 0 Å². The Morgan fingerprint density at radius 1 is 0.308 bits per heavy atom. The Kier molecular flexibility index (Phi) is 61.8. The Morgan fingerprint density at radius 3 is 0.879 bits per heavy atom. The van der Waals surface area contributed by atoms with Gasteiger partial charge in [0.15, 0.2) is 6.10 Å². The number of aliphatic hydroxyl groups excluding tert-OH is 2. The number of unbranched alkanes of at least 4 members (excludes halogenated alkanes) is 13. The summed E-state index contributed by atoms with van der Waals surface area (Å²) < 4.78 is 60.8. The van der Waals surface area contributed by atoms with Crippen LogP contribution >= 0.6 is 15.6 Å².